The van der Waals surface area contributed by atoms with Gasteiger partial charge in [0.05, 0.1) is 18.0 Å². The third-order valence-corrected chi connectivity index (χ3v) is 6.74. The minimum absolute atomic E-state index is 0.0415. The number of benzene rings is 3. The summed E-state index contributed by atoms with van der Waals surface area (Å²) in [6.45, 7) is 3.30. The molecule has 1 amide bonds. The molecule has 1 aromatic heterocycles. The fourth-order valence-electron chi connectivity index (χ4n) is 3.96. The second-order valence-electron chi connectivity index (χ2n) is 8.12. The lowest BCUT2D eigenvalue weighted by molar-refractivity contribution is -0.121. The number of carbonyl (C=O) groups excluding carboxylic acids is 1. The molecule has 5 nitrogen and oxygen atoms in total. The summed E-state index contributed by atoms with van der Waals surface area (Å²) in [6.07, 6.45) is 1.73. The van der Waals surface area contributed by atoms with Crippen LogP contribution in [-0.4, -0.2) is 30.6 Å². The molecule has 2 heterocycles. The molecule has 0 bridgehead atoms. The summed E-state index contributed by atoms with van der Waals surface area (Å²) >= 11 is 1.61. The molecular formula is C28H26N2O3S. The van der Waals surface area contributed by atoms with Crippen LogP contribution in [0.25, 0.3) is 21.8 Å². The molecule has 0 saturated carbocycles. The van der Waals surface area contributed by atoms with Crippen LogP contribution in [0.2, 0.25) is 0 Å². The molecule has 172 valence electrons. The number of thiazole rings is 1. The topological polar surface area (TPSA) is 51.7 Å². The van der Waals surface area contributed by atoms with Gasteiger partial charge >= 0.3 is 0 Å². The molecule has 5 rings (SSSR count). The zero-order valence-electron chi connectivity index (χ0n) is 19.1. The van der Waals surface area contributed by atoms with Crippen LogP contribution in [0.5, 0.6) is 11.5 Å². The molecule has 6 heteroatoms. The van der Waals surface area contributed by atoms with Crippen molar-refractivity contribution in [2.45, 2.75) is 19.8 Å². The summed E-state index contributed by atoms with van der Waals surface area (Å²) in [5.41, 5.74) is 5.03. The molecule has 0 N–H and O–H groups in total. The van der Waals surface area contributed by atoms with E-state index in [9.17, 15) is 4.79 Å². The number of nitrogens with zero attached hydrogens (tertiary/aromatic N) is 2. The van der Waals surface area contributed by atoms with Gasteiger partial charge in [-0.15, -0.1) is 11.3 Å². The van der Waals surface area contributed by atoms with Gasteiger partial charge in [0.15, 0.2) is 6.61 Å². The first-order valence-electron chi connectivity index (χ1n) is 11.5. The Labute approximate surface area is 203 Å². The lowest BCUT2D eigenvalue weighted by Crippen LogP contribution is -2.39. The van der Waals surface area contributed by atoms with Crippen LogP contribution in [0, 0.1) is 0 Å². The molecule has 0 fully saturated rings. The molecule has 0 spiro atoms. The summed E-state index contributed by atoms with van der Waals surface area (Å²) in [7, 11) is 0. The first-order valence-corrected chi connectivity index (χ1v) is 12.4. The molecule has 1 aliphatic rings. The van der Waals surface area contributed by atoms with Crippen molar-refractivity contribution in [1.82, 2.24) is 4.98 Å². The number of anilines is 1. The van der Waals surface area contributed by atoms with Crippen LogP contribution in [-0.2, 0) is 11.2 Å². The Hall–Kier alpha value is -3.64. The van der Waals surface area contributed by atoms with Crippen molar-refractivity contribution in [3.8, 4) is 33.3 Å². The molecule has 1 aliphatic heterocycles. The summed E-state index contributed by atoms with van der Waals surface area (Å²) < 4.78 is 11.6. The van der Waals surface area contributed by atoms with E-state index in [1.165, 1.54) is 5.56 Å². The third kappa shape index (κ3) is 4.82. The van der Waals surface area contributed by atoms with E-state index in [4.69, 9.17) is 14.5 Å². The van der Waals surface area contributed by atoms with Crippen molar-refractivity contribution in [2.75, 3.05) is 24.7 Å². The van der Waals surface area contributed by atoms with E-state index in [1.807, 2.05) is 48.5 Å². The molecule has 4 aromatic rings. The Bertz CT molecular complexity index is 1270. The van der Waals surface area contributed by atoms with Crippen LogP contribution >= 0.6 is 11.3 Å². The lowest BCUT2D eigenvalue weighted by atomic mass is 10.1. The number of fused-ring (bicyclic) bond motifs is 1. The number of hydrogen-bond acceptors (Lipinski definition) is 5. The van der Waals surface area contributed by atoms with Crippen LogP contribution in [0.15, 0.2) is 78.2 Å². The van der Waals surface area contributed by atoms with E-state index in [0.29, 0.717) is 13.2 Å². The summed E-state index contributed by atoms with van der Waals surface area (Å²) in [6, 6.07) is 24.2. The zero-order valence-corrected chi connectivity index (χ0v) is 19.9. The number of rotatable bonds is 8. The predicted octanol–water partition coefficient (Wildman–Crippen LogP) is 6.23. The number of ether oxygens (including phenoxy) is 2. The van der Waals surface area contributed by atoms with Crippen LogP contribution in [0.1, 0.15) is 18.9 Å². The van der Waals surface area contributed by atoms with Crippen molar-refractivity contribution >= 4 is 22.9 Å². The number of aromatic nitrogens is 1. The van der Waals surface area contributed by atoms with E-state index >= 15 is 0 Å². The lowest BCUT2D eigenvalue weighted by Gasteiger charge is -2.29. The second-order valence-corrected chi connectivity index (χ2v) is 8.98. The quantitative estimate of drug-likeness (QED) is 0.286. The van der Waals surface area contributed by atoms with Gasteiger partial charge in [0, 0.05) is 23.1 Å². The standard InChI is InChI=1S/C28H26N2O3S/c1-2-20-9-12-23(13-10-20)32-16-6-15-30-25-17-22(11-14-26(25)33-18-27(30)31)24-19-34-28(29-24)21-7-4-3-5-8-21/h3-5,7-14,17,19H,2,6,15-16,18H2,1H3. The van der Waals surface area contributed by atoms with E-state index in [-0.39, 0.29) is 12.5 Å². The highest BCUT2D eigenvalue weighted by atomic mass is 32.1. The van der Waals surface area contributed by atoms with E-state index in [0.717, 1.165) is 51.9 Å². The first-order chi connectivity index (χ1) is 16.7. The van der Waals surface area contributed by atoms with Gasteiger partial charge in [-0.1, -0.05) is 49.4 Å². The van der Waals surface area contributed by atoms with Gasteiger partial charge in [-0.05, 0) is 48.7 Å². The Morgan fingerprint density at radius 3 is 2.65 bits per heavy atom. The smallest absolute Gasteiger partial charge is 0.265 e. The van der Waals surface area contributed by atoms with Gasteiger partial charge in [0.1, 0.15) is 16.5 Å². The van der Waals surface area contributed by atoms with Crippen LogP contribution in [0.3, 0.4) is 0 Å². The highest BCUT2D eigenvalue weighted by molar-refractivity contribution is 7.13. The Morgan fingerprint density at radius 2 is 1.85 bits per heavy atom. The zero-order chi connectivity index (χ0) is 23.3. The van der Waals surface area contributed by atoms with Gasteiger partial charge in [0.2, 0.25) is 0 Å². The number of carbonyl (C=O) groups is 1. The van der Waals surface area contributed by atoms with E-state index < -0.39 is 0 Å². The molecule has 3 aromatic carbocycles. The SMILES string of the molecule is CCc1ccc(OCCCN2C(=O)COc3ccc(-c4csc(-c5ccccc5)n4)cc32)cc1. The van der Waals surface area contributed by atoms with Gasteiger partial charge in [0.25, 0.3) is 5.91 Å². The highest BCUT2D eigenvalue weighted by Gasteiger charge is 2.26. The highest BCUT2D eigenvalue weighted by Crippen LogP contribution is 2.37. The normalized spacial score (nSPS) is 12.9. The summed E-state index contributed by atoms with van der Waals surface area (Å²) in [5, 5.41) is 3.03. The second kappa shape index (κ2) is 10.1. The Balaban J connectivity index is 1.29. The predicted molar refractivity (Wildman–Crippen MR) is 137 cm³/mol. The monoisotopic (exact) mass is 470 g/mol. The molecule has 0 radical (unpaired) electrons. The number of hydrogen-bond donors (Lipinski definition) is 0. The summed E-state index contributed by atoms with van der Waals surface area (Å²) in [4.78, 5) is 19.3. The third-order valence-electron chi connectivity index (χ3n) is 5.85. The molecule has 0 atom stereocenters. The summed E-state index contributed by atoms with van der Waals surface area (Å²) in [5.74, 6) is 1.53. The van der Waals surface area contributed by atoms with Crippen molar-refractivity contribution in [2.24, 2.45) is 0 Å². The minimum atomic E-state index is -0.0415. The van der Waals surface area contributed by atoms with Crippen molar-refractivity contribution in [3.05, 3.63) is 83.7 Å². The first kappa shape index (κ1) is 22.2. The Kier molecular flexibility index (Phi) is 6.58. The van der Waals surface area contributed by atoms with Gasteiger partial charge < -0.3 is 14.4 Å². The van der Waals surface area contributed by atoms with Crippen LogP contribution in [0.4, 0.5) is 5.69 Å². The maximum Gasteiger partial charge on any atom is 0.265 e. The minimum Gasteiger partial charge on any atom is -0.494 e. The van der Waals surface area contributed by atoms with Crippen LogP contribution < -0.4 is 14.4 Å². The largest absolute Gasteiger partial charge is 0.494 e. The van der Waals surface area contributed by atoms with Gasteiger partial charge in [-0.25, -0.2) is 4.98 Å². The van der Waals surface area contributed by atoms with Crippen molar-refractivity contribution in [3.63, 3.8) is 0 Å². The van der Waals surface area contributed by atoms with Crippen molar-refractivity contribution < 1.29 is 14.3 Å². The molecule has 0 saturated heterocycles. The van der Waals surface area contributed by atoms with Gasteiger partial charge in [-0.2, -0.15) is 0 Å². The molecular weight excluding hydrogens is 444 g/mol. The number of amides is 1. The van der Waals surface area contributed by atoms with E-state index in [1.54, 1.807) is 16.2 Å². The fourth-order valence-corrected chi connectivity index (χ4v) is 4.80. The maximum absolute atomic E-state index is 12.7. The van der Waals surface area contributed by atoms with Gasteiger partial charge in [-0.3, -0.25) is 4.79 Å². The van der Waals surface area contributed by atoms with Crippen molar-refractivity contribution in [1.29, 1.82) is 0 Å². The maximum atomic E-state index is 12.7. The average Bonchev–Trinajstić information content (AvgIpc) is 3.39. The molecule has 34 heavy (non-hydrogen) atoms. The van der Waals surface area contributed by atoms with E-state index in [2.05, 4.69) is 36.6 Å². The number of aryl methyl sites for hydroxylation is 1. The average molecular weight is 471 g/mol. The fraction of sp³-hybridized carbons (Fsp3) is 0.214. The molecule has 0 aliphatic carbocycles. The molecule has 0 unspecified atom stereocenters. The Morgan fingerprint density at radius 1 is 1.03 bits per heavy atom.